The molecular weight excluding hydrogens is 491 g/mol. The molecule has 0 saturated carbocycles. The Morgan fingerprint density at radius 2 is 1.78 bits per heavy atom. The zero-order chi connectivity index (χ0) is 27.2. The van der Waals surface area contributed by atoms with Gasteiger partial charge in [-0.1, -0.05) is 25.1 Å². The van der Waals surface area contributed by atoms with Gasteiger partial charge in [0.25, 0.3) is 5.91 Å². The fourth-order valence-corrected chi connectivity index (χ4v) is 3.99. The number of hydrogen-bond acceptors (Lipinski definition) is 5. The van der Waals surface area contributed by atoms with E-state index in [0.29, 0.717) is 5.69 Å². The van der Waals surface area contributed by atoms with Crippen molar-refractivity contribution in [3.8, 4) is 0 Å². The van der Waals surface area contributed by atoms with Crippen molar-refractivity contribution in [2.45, 2.75) is 38.9 Å². The van der Waals surface area contributed by atoms with Crippen LogP contribution in [0.3, 0.4) is 0 Å². The predicted molar refractivity (Wildman–Crippen MR) is 130 cm³/mol. The number of hydrogen-bond donors (Lipinski definition) is 3. The summed E-state index contributed by atoms with van der Waals surface area (Å²) in [5, 5.41) is 10.1. The third-order valence-corrected chi connectivity index (χ3v) is 5.96. The number of halogens is 3. The van der Waals surface area contributed by atoms with Crippen LogP contribution in [-0.4, -0.2) is 56.4 Å². The lowest BCUT2D eigenvalue weighted by molar-refractivity contribution is -0.192. The molecular formula is C25H28F3N5O4. The fraction of sp³-hybridized carbons (Fsp3) is 0.360. The number of pyridine rings is 1. The minimum Gasteiger partial charge on any atom is -0.475 e. The van der Waals surface area contributed by atoms with Crippen LogP contribution in [0.4, 0.5) is 18.9 Å². The number of piperidine rings is 1. The van der Waals surface area contributed by atoms with Gasteiger partial charge >= 0.3 is 12.1 Å². The van der Waals surface area contributed by atoms with E-state index in [9.17, 15) is 22.8 Å². The van der Waals surface area contributed by atoms with Gasteiger partial charge in [-0.25, -0.2) is 9.78 Å². The largest absolute Gasteiger partial charge is 0.490 e. The van der Waals surface area contributed by atoms with E-state index >= 15 is 0 Å². The van der Waals surface area contributed by atoms with Crippen molar-refractivity contribution < 1.29 is 32.7 Å². The number of imidazole rings is 1. The van der Waals surface area contributed by atoms with Crippen LogP contribution < -0.4 is 11.1 Å². The summed E-state index contributed by atoms with van der Waals surface area (Å²) in [6.45, 7) is 4.54. The van der Waals surface area contributed by atoms with Gasteiger partial charge in [0.2, 0.25) is 5.91 Å². The van der Waals surface area contributed by atoms with Gasteiger partial charge in [-0.3, -0.25) is 18.9 Å². The maximum atomic E-state index is 12.9. The number of nitrogens with two attached hydrogens (primary N) is 1. The molecule has 1 aliphatic rings. The molecule has 0 spiro atoms. The molecule has 9 nitrogen and oxygen atoms in total. The second-order valence-electron chi connectivity index (χ2n) is 8.64. The number of nitrogens with zero attached hydrogens (tertiary/aromatic N) is 3. The number of carbonyl (C=O) groups excluding carboxylic acids is 2. The van der Waals surface area contributed by atoms with E-state index in [1.54, 1.807) is 6.07 Å². The van der Waals surface area contributed by atoms with Crippen molar-refractivity contribution in [1.82, 2.24) is 14.3 Å². The summed E-state index contributed by atoms with van der Waals surface area (Å²) in [6.07, 6.45) is -0.737. The SMILES string of the molecule is CCc1cn2c(C(=O)Nc3cccc(CN4CCC(C(N)=O)CC4)c3)cccc2n1.O=C(O)C(F)(F)F. The van der Waals surface area contributed by atoms with Gasteiger partial charge in [0.1, 0.15) is 11.3 Å². The minimum absolute atomic E-state index is 0.00835. The lowest BCUT2D eigenvalue weighted by Crippen LogP contribution is -2.38. The number of carboxylic acids is 1. The van der Waals surface area contributed by atoms with Gasteiger partial charge in [0.15, 0.2) is 0 Å². The molecule has 4 N–H and O–H groups in total. The monoisotopic (exact) mass is 519 g/mol. The molecule has 2 aromatic heterocycles. The second-order valence-corrected chi connectivity index (χ2v) is 8.64. The first kappa shape index (κ1) is 27.7. The van der Waals surface area contributed by atoms with E-state index in [-0.39, 0.29) is 17.7 Å². The van der Waals surface area contributed by atoms with Crippen LogP contribution in [0.15, 0.2) is 48.7 Å². The standard InChI is InChI=1S/C23H27N5O2.C2HF3O2/c1-2-18-15-28-20(7-4-8-21(28)25-18)23(30)26-19-6-3-5-16(13-19)14-27-11-9-17(10-12-27)22(24)29;3-2(4,5)1(6)7/h3-8,13,15,17H,2,9-12,14H2,1H3,(H2,24,29)(H,26,30);(H,6,7). The number of fused-ring (bicyclic) bond motifs is 1. The van der Waals surface area contributed by atoms with Crippen molar-refractivity contribution in [3.05, 3.63) is 65.6 Å². The summed E-state index contributed by atoms with van der Waals surface area (Å²) in [5.41, 5.74) is 9.59. The number of likely N-dealkylation sites (tertiary alicyclic amines) is 1. The highest BCUT2D eigenvalue weighted by atomic mass is 19.4. The maximum Gasteiger partial charge on any atom is 0.490 e. The molecule has 198 valence electrons. The normalized spacial score (nSPS) is 14.6. The Kier molecular flexibility index (Phi) is 8.87. The number of alkyl halides is 3. The summed E-state index contributed by atoms with van der Waals surface area (Å²) in [5.74, 6) is -3.13. The molecule has 0 bridgehead atoms. The van der Waals surface area contributed by atoms with Crippen molar-refractivity contribution >= 4 is 29.1 Å². The molecule has 12 heteroatoms. The lowest BCUT2D eigenvalue weighted by atomic mass is 9.96. The fourth-order valence-electron chi connectivity index (χ4n) is 3.99. The number of primary amides is 1. The molecule has 1 aromatic carbocycles. The van der Waals surface area contributed by atoms with Crippen LogP contribution in [0.5, 0.6) is 0 Å². The summed E-state index contributed by atoms with van der Waals surface area (Å²) in [7, 11) is 0. The van der Waals surface area contributed by atoms with E-state index in [1.165, 1.54) is 0 Å². The predicted octanol–water partition coefficient (Wildman–Crippen LogP) is 3.48. The average Bonchev–Trinajstić information content (AvgIpc) is 3.28. The van der Waals surface area contributed by atoms with Crippen molar-refractivity contribution in [1.29, 1.82) is 0 Å². The topological polar surface area (TPSA) is 130 Å². The third kappa shape index (κ3) is 7.53. The molecule has 0 unspecified atom stereocenters. The van der Waals surface area contributed by atoms with Gasteiger partial charge in [-0.2, -0.15) is 13.2 Å². The zero-order valence-corrected chi connectivity index (χ0v) is 20.2. The second kappa shape index (κ2) is 11.9. The molecule has 0 radical (unpaired) electrons. The number of aromatic nitrogens is 2. The quantitative estimate of drug-likeness (QED) is 0.457. The van der Waals surface area contributed by atoms with E-state index in [0.717, 1.165) is 61.5 Å². The first-order valence-electron chi connectivity index (χ1n) is 11.7. The Morgan fingerprint density at radius 3 is 2.38 bits per heavy atom. The van der Waals surface area contributed by atoms with Crippen molar-refractivity contribution in [2.75, 3.05) is 18.4 Å². The van der Waals surface area contributed by atoms with Gasteiger partial charge in [-0.15, -0.1) is 0 Å². The number of rotatable bonds is 6. The molecule has 0 atom stereocenters. The van der Waals surface area contributed by atoms with Crippen LogP contribution >= 0.6 is 0 Å². The summed E-state index contributed by atoms with van der Waals surface area (Å²) in [4.78, 5) is 40.0. The highest BCUT2D eigenvalue weighted by Crippen LogP contribution is 2.20. The zero-order valence-electron chi connectivity index (χ0n) is 20.2. The van der Waals surface area contributed by atoms with Gasteiger partial charge < -0.3 is 16.2 Å². The van der Waals surface area contributed by atoms with E-state index in [1.807, 2.05) is 47.9 Å². The molecule has 4 rings (SSSR count). The number of amides is 2. The molecule has 0 aliphatic carbocycles. The molecule has 1 fully saturated rings. The number of carbonyl (C=O) groups is 3. The first-order valence-corrected chi connectivity index (χ1v) is 11.7. The van der Waals surface area contributed by atoms with Crippen LogP contribution in [0.2, 0.25) is 0 Å². The maximum absolute atomic E-state index is 12.9. The van der Waals surface area contributed by atoms with Crippen LogP contribution in [0.1, 0.15) is 41.5 Å². The minimum atomic E-state index is -5.08. The molecule has 3 heterocycles. The number of aliphatic carboxylic acids is 1. The molecule has 37 heavy (non-hydrogen) atoms. The van der Waals surface area contributed by atoms with E-state index < -0.39 is 12.1 Å². The molecule has 1 saturated heterocycles. The number of benzene rings is 1. The Morgan fingerprint density at radius 1 is 1.14 bits per heavy atom. The number of carboxylic acid groups (broad SMARTS) is 1. The highest BCUT2D eigenvalue weighted by Gasteiger charge is 2.38. The van der Waals surface area contributed by atoms with E-state index in [2.05, 4.69) is 21.3 Å². The Labute approximate surface area is 211 Å². The number of nitrogens with one attached hydrogen (secondary N) is 1. The van der Waals surface area contributed by atoms with Gasteiger partial charge in [0.05, 0.1) is 5.69 Å². The summed E-state index contributed by atoms with van der Waals surface area (Å²) < 4.78 is 33.6. The van der Waals surface area contributed by atoms with Crippen molar-refractivity contribution in [2.24, 2.45) is 11.7 Å². The lowest BCUT2D eigenvalue weighted by Gasteiger charge is -2.30. The summed E-state index contributed by atoms with van der Waals surface area (Å²) in [6, 6.07) is 13.5. The first-order chi connectivity index (χ1) is 17.5. The average molecular weight is 520 g/mol. The highest BCUT2D eigenvalue weighted by molar-refractivity contribution is 6.03. The van der Waals surface area contributed by atoms with Crippen LogP contribution in [-0.2, 0) is 22.6 Å². The van der Waals surface area contributed by atoms with Gasteiger partial charge in [-0.05, 0) is 62.2 Å². The Balaban J connectivity index is 0.000000479. The smallest absolute Gasteiger partial charge is 0.475 e. The Bertz CT molecular complexity index is 1270. The molecule has 1 aliphatic heterocycles. The molecule has 3 aromatic rings. The molecule has 2 amide bonds. The summed E-state index contributed by atoms with van der Waals surface area (Å²) >= 11 is 0. The van der Waals surface area contributed by atoms with Gasteiger partial charge in [0, 0.05) is 24.3 Å². The van der Waals surface area contributed by atoms with E-state index in [4.69, 9.17) is 15.6 Å². The number of aryl methyl sites for hydroxylation is 1. The van der Waals surface area contributed by atoms with Crippen LogP contribution in [0.25, 0.3) is 5.65 Å². The van der Waals surface area contributed by atoms with Crippen molar-refractivity contribution in [3.63, 3.8) is 0 Å². The number of anilines is 1. The Hall–Kier alpha value is -3.93. The third-order valence-electron chi connectivity index (χ3n) is 5.96. The van der Waals surface area contributed by atoms with Crippen LogP contribution in [0, 0.1) is 5.92 Å².